The molecule has 1 aromatic carbocycles. The Hall–Kier alpha value is -1.97. The number of allylic oxidation sites excluding steroid dienone is 3. The summed E-state index contributed by atoms with van der Waals surface area (Å²) in [6.07, 6.45) is -2.73. The zero-order chi connectivity index (χ0) is 19.2. The molecule has 0 bridgehead atoms. The number of thioether (sulfide) groups is 1. The summed E-state index contributed by atoms with van der Waals surface area (Å²) in [5.41, 5.74) is 5.81. The molecule has 0 atom stereocenters. The van der Waals surface area contributed by atoms with Crippen LogP contribution in [0.15, 0.2) is 69.1 Å². The quantitative estimate of drug-likeness (QED) is 0.338. The SMILES string of the molecule is CCSCc1ccccc1C(N=C(C)Cl)=NC1=C=C=CC(C(F)(F)F)=C1. The molecule has 1 aliphatic carbocycles. The van der Waals surface area contributed by atoms with Gasteiger partial charge in [-0.05, 0) is 30.0 Å². The maximum absolute atomic E-state index is 12.9. The van der Waals surface area contributed by atoms with E-state index in [9.17, 15) is 13.2 Å². The molecule has 2 nitrogen and oxygen atoms in total. The van der Waals surface area contributed by atoms with Gasteiger partial charge in [0.25, 0.3) is 0 Å². The van der Waals surface area contributed by atoms with E-state index in [2.05, 4.69) is 28.4 Å². The Morgan fingerprint density at radius 2 is 2.00 bits per heavy atom. The molecule has 0 aliphatic heterocycles. The molecular weight excluding hydrogens is 381 g/mol. The van der Waals surface area contributed by atoms with Crippen LogP contribution in [0.1, 0.15) is 25.0 Å². The number of aliphatic imine (C=N–C) groups is 2. The zero-order valence-electron chi connectivity index (χ0n) is 14.2. The monoisotopic (exact) mass is 396 g/mol. The molecule has 26 heavy (non-hydrogen) atoms. The van der Waals surface area contributed by atoms with E-state index in [0.717, 1.165) is 34.8 Å². The van der Waals surface area contributed by atoms with Crippen LogP contribution in [-0.2, 0) is 5.75 Å². The van der Waals surface area contributed by atoms with Crippen molar-refractivity contribution in [1.82, 2.24) is 0 Å². The van der Waals surface area contributed by atoms with E-state index in [1.54, 1.807) is 18.7 Å². The Morgan fingerprint density at radius 1 is 1.27 bits per heavy atom. The molecule has 0 saturated heterocycles. The number of nitrogens with zero attached hydrogens (tertiary/aromatic N) is 2. The van der Waals surface area contributed by atoms with Crippen molar-refractivity contribution in [3.05, 3.63) is 70.3 Å². The predicted molar refractivity (Wildman–Crippen MR) is 103 cm³/mol. The highest BCUT2D eigenvalue weighted by Gasteiger charge is 2.32. The van der Waals surface area contributed by atoms with Crippen molar-refractivity contribution in [3.63, 3.8) is 0 Å². The largest absolute Gasteiger partial charge is 0.417 e. The number of amidine groups is 1. The van der Waals surface area contributed by atoms with Gasteiger partial charge in [0, 0.05) is 17.4 Å². The predicted octanol–water partition coefficient (Wildman–Crippen LogP) is 6.04. The first-order chi connectivity index (χ1) is 12.3. The number of alkyl halides is 3. The van der Waals surface area contributed by atoms with Crippen LogP contribution >= 0.6 is 23.4 Å². The van der Waals surface area contributed by atoms with Crippen LogP contribution in [0.4, 0.5) is 13.2 Å². The van der Waals surface area contributed by atoms with Gasteiger partial charge in [-0.2, -0.15) is 24.9 Å². The highest BCUT2D eigenvalue weighted by molar-refractivity contribution is 7.98. The normalized spacial score (nSPS) is 15.2. The van der Waals surface area contributed by atoms with Gasteiger partial charge in [0.15, 0.2) is 5.84 Å². The summed E-state index contributed by atoms with van der Waals surface area (Å²) in [6, 6.07) is 7.49. The van der Waals surface area contributed by atoms with E-state index in [4.69, 9.17) is 11.6 Å². The lowest BCUT2D eigenvalue weighted by Gasteiger charge is -2.10. The van der Waals surface area contributed by atoms with Gasteiger partial charge >= 0.3 is 6.18 Å². The Kier molecular flexibility index (Phi) is 7.13. The molecule has 0 amide bonds. The number of hydrogen-bond donors (Lipinski definition) is 0. The molecule has 136 valence electrons. The van der Waals surface area contributed by atoms with Crippen LogP contribution in [0.25, 0.3) is 0 Å². The van der Waals surface area contributed by atoms with Gasteiger partial charge in [-0.3, -0.25) is 0 Å². The first-order valence-corrected chi connectivity index (χ1v) is 9.30. The fourth-order valence-electron chi connectivity index (χ4n) is 2.12. The van der Waals surface area contributed by atoms with Gasteiger partial charge in [0.1, 0.15) is 10.9 Å². The Bertz CT molecular complexity index is 865. The lowest BCUT2D eigenvalue weighted by Crippen LogP contribution is -2.11. The van der Waals surface area contributed by atoms with Crippen molar-refractivity contribution in [1.29, 1.82) is 0 Å². The molecule has 1 aliphatic rings. The topological polar surface area (TPSA) is 24.7 Å². The van der Waals surface area contributed by atoms with E-state index < -0.39 is 11.7 Å². The van der Waals surface area contributed by atoms with E-state index in [1.807, 2.05) is 24.3 Å². The second kappa shape index (κ2) is 9.11. The van der Waals surface area contributed by atoms with E-state index in [1.165, 1.54) is 0 Å². The van der Waals surface area contributed by atoms with Gasteiger partial charge in [-0.25, -0.2) is 9.98 Å². The molecule has 0 spiro atoms. The van der Waals surface area contributed by atoms with Crippen molar-refractivity contribution in [2.45, 2.75) is 25.8 Å². The second-order valence-electron chi connectivity index (χ2n) is 5.23. The first-order valence-electron chi connectivity index (χ1n) is 7.77. The number of hydrogen-bond acceptors (Lipinski definition) is 2. The van der Waals surface area contributed by atoms with Crippen molar-refractivity contribution in [2.75, 3.05) is 5.75 Å². The van der Waals surface area contributed by atoms with Gasteiger partial charge in [-0.15, -0.1) is 0 Å². The molecule has 0 fully saturated rings. The zero-order valence-corrected chi connectivity index (χ0v) is 15.8. The van der Waals surface area contributed by atoms with Crippen LogP contribution in [-0.4, -0.2) is 22.9 Å². The minimum atomic E-state index is -4.47. The molecule has 0 N–H and O–H groups in total. The highest BCUT2D eigenvalue weighted by Crippen LogP contribution is 2.29. The van der Waals surface area contributed by atoms with Crippen LogP contribution in [0.5, 0.6) is 0 Å². The molecule has 2 rings (SSSR count). The third-order valence-electron chi connectivity index (χ3n) is 3.25. The molecular formula is C19H16ClF3N2S. The van der Waals surface area contributed by atoms with E-state index in [-0.39, 0.29) is 16.7 Å². The highest BCUT2D eigenvalue weighted by atomic mass is 35.5. The van der Waals surface area contributed by atoms with Crippen LogP contribution in [0, 0.1) is 0 Å². The number of halogens is 4. The molecule has 0 aromatic heterocycles. The van der Waals surface area contributed by atoms with Gasteiger partial charge in [0.2, 0.25) is 0 Å². The minimum Gasteiger partial charge on any atom is -0.221 e. The van der Waals surface area contributed by atoms with Crippen LogP contribution in [0.3, 0.4) is 0 Å². The van der Waals surface area contributed by atoms with E-state index in [0.29, 0.717) is 0 Å². The van der Waals surface area contributed by atoms with Gasteiger partial charge in [0.05, 0.1) is 5.57 Å². The van der Waals surface area contributed by atoms with Crippen LogP contribution < -0.4 is 0 Å². The fraction of sp³-hybridized carbons (Fsp3) is 0.263. The van der Waals surface area contributed by atoms with Crippen molar-refractivity contribution >= 4 is 34.4 Å². The Labute approximate surface area is 159 Å². The maximum atomic E-state index is 12.9. The maximum Gasteiger partial charge on any atom is 0.417 e. The Morgan fingerprint density at radius 3 is 2.65 bits per heavy atom. The third-order valence-corrected chi connectivity index (χ3v) is 4.26. The molecule has 0 saturated carbocycles. The summed E-state index contributed by atoms with van der Waals surface area (Å²) in [4.78, 5) is 8.47. The van der Waals surface area contributed by atoms with Gasteiger partial charge < -0.3 is 0 Å². The van der Waals surface area contributed by atoms with Crippen molar-refractivity contribution < 1.29 is 13.2 Å². The standard InChI is InChI=1S/C19H16ClF3N2S/c1-3-26-12-14-7-4-5-10-17(14)18(24-13(2)20)25-16-9-6-8-15(11-16)19(21,22)23/h4-5,7-8,10-11H,3,12H2,1-2H3. The summed E-state index contributed by atoms with van der Waals surface area (Å²) in [5, 5.41) is 0.234. The number of benzene rings is 1. The smallest absolute Gasteiger partial charge is 0.221 e. The third kappa shape index (κ3) is 5.79. The van der Waals surface area contributed by atoms with E-state index >= 15 is 0 Å². The summed E-state index contributed by atoms with van der Waals surface area (Å²) in [6.45, 7) is 3.64. The second-order valence-corrected chi connectivity index (χ2v) is 7.06. The van der Waals surface area contributed by atoms with Gasteiger partial charge in [-0.1, -0.05) is 48.5 Å². The van der Waals surface area contributed by atoms with Crippen molar-refractivity contribution in [2.24, 2.45) is 9.98 Å². The average Bonchev–Trinajstić information content (AvgIpc) is 2.59. The molecule has 7 heteroatoms. The summed E-state index contributed by atoms with van der Waals surface area (Å²) in [7, 11) is 0. The fourth-order valence-corrected chi connectivity index (χ4v) is 2.87. The van der Waals surface area contributed by atoms with Crippen molar-refractivity contribution in [3.8, 4) is 0 Å². The minimum absolute atomic E-state index is 0.00515. The Balaban J connectivity index is 2.53. The summed E-state index contributed by atoms with van der Waals surface area (Å²) >= 11 is 7.64. The average molecular weight is 397 g/mol. The summed E-state index contributed by atoms with van der Waals surface area (Å²) < 4.78 is 38.7. The lowest BCUT2D eigenvalue weighted by molar-refractivity contribution is -0.0882. The molecule has 0 radical (unpaired) electrons. The molecule has 0 unspecified atom stereocenters. The first kappa shape index (κ1) is 20.3. The summed E-state index contributed by atoms with van der Waals surface area (Å²) in [5.74, 6) is 1.92. The molecule has 1 aromatic rings. The van der Waals surface area contributed by atoms with Crippen LogP contribution in [0.2, 0.25) is 0 Å². The number of rotatable bonds is 5. The molecule has 0 heterocycles. The lowest BCUT2D eigenvalue weighted by atomic mass is 10.1.